The van der Waals surface area contributed by atoms with E-state index in [2.05, 4.69) is 14.9 Å². The second-order valence-corrected chi connectivity index (χ2v) is 13.4. The number of likely N-dealkylation sites (N-methyl/N-ethyl adjacent to an activating group) is 1. The molecule has 3 aromatic carbocycles. The minimum absolute atomic E-state index is 0. The lowest BCUT2D eigenvalue weighted by molar-refractivity contribution is -0.141. The van der Waals surface area contributed by atoms with Gasteiger partial charge in [-0.3, -0.25) is 9.52 Å². The van der Waals surface area contributed by atoms with Crippen LogP contribution in [0.1, 0.15) is 45.9 Å². The van der Waals surface area contributed by atoms with Crippen molar-refractivity contribution >= 4 is 34.0 Å². The molecule has 1 amide bonds. The van der Waals surface area contributed by atoms with E-state index >= 15 is 0 Å². The number of hydrogen-bond donors (Lipinski definition) is 1. The van der Waals surface area contributed by atoms with E-state index in [1.807, 2.05) is 37.2 Å². The summed E-state index contributed by atoms with van der Waals surface area (Å²) in [5.41, 5.74) is 1.13. The van der Waals surface area contributed by atoms with Crippen molar-refractivity contribution in [3.05, 3.63) is 107 Å². The van der Waals surface area contributed by atoms with Gasteiger partial charge in [-0.05, 0) is 80.4 Å². The van der Waals surface area contributed by atoms with Crippen LogP contribution in [-0.4, -0.2) is 74.7 Å². The summed E-state index contributed by atoms with van der Waals surface area (Å²) < 4.78 is 78.5. The third-order valence-electron chi connectivity index (χ3n) is 7.77. The Labute approximate surface area is 289 Å². The highest BCUT2D eigenvalue weighted by atomic mass is 35.5. The second-order valence-electron chi connectivity index (χ2n) is 11.7. The number of carbonyl (C=O) groups excluding carboxylic acids is 1. The molecule has 0 spiro atoms. The van der Waals surface area contributed by atoms with Gasteiger partial charge in [0.1, 0.15) is 18.1 Å². The first-order chi connectivity index (χ1) is 22.9. The maximum Gasteiger partial charge on any atom is 0.435 e. The first-order valence-corrected chi connectivity index (χ1v) is 17.0. The fraction of sp³-hybridized carbons (Fsp3) is 0.324. The molecule has 1 saturated heterocycles. The van der Waals surface area contributed by atoms with Gasteiger partial charge in [-0.1, -0.05) is 42.5 Å². The largest absolute Gasteiger partial charge is 0.490 e. The molecule has 10 nitrogen and oxygen atoms in total. The van der Waals surface area contributed by atoms with Crippen LogP contribution in [0, 0.1) is 0 Å². The summed E-state index contributed by atoms with van der Waals surface area (Å²) in [6.45, 7) is 1.95. The number of carbonyl (C=O) groups is 1. The summed E-state index contributed by atoms with van der Waals surface area (Å²) in [7, 11) is 0.00646. The number of amides is 1. The number of likely N-dealkylation sites (tertiary alicyclic amines) is 1. The average molecular weight is 720 g/mol. The fourth-order valence-electron chi connectivity index (χ4n) is 5.26. The molecule has 1 aliphatic heterocycles. The predicted octanol–water partition coefficient (Wildman–Crippen LogP) is 6.61. The molecule has 0 radical (unpaired) electrons. The molecule has 49 heavy (non-hydrogen) atoms. The third-order valence-corrected chi connectivity index (χ3v) is 9.02. The molecule has 1 aliphatic rings. The van der Waals surface area contributed by atoms with Gasteiger partial charge in [0, 0.05) is 31.3 Å². The van der Waals surface area contributed by atoms with E-state index in [-0.39, 0.29) is 41.6 Å². The molecular weight excluding hydrogens is 683 g/mol. The van der Waals surface area contributed by atoms with Crippen molar-refractivity contribution in [2.45, 2.75) is 30.7 Å². The van der Waals surface area contributed by atoms with Crippen LogP contribution in [0.2, 0.25) is 0 Å². The van der Waals surface area contributed by atoms with Gasteiger partial charge in [0.05, 0.1) is 11.4 Å². The van der Waals surface area contributed by atoms with E-state index < -0.39 is 21.9 Å². The molecular formula is C34H37ClF3N5O5S. The lowest BCUT2D eigenvalue weighted by Crippen LogP contribution is -2.38. The molecule has 4 aromatic rings. The highest BCUT2D eigenvalue weighted by Gasteiger charge is 2.33. The van der Waals surface area contributed by atoms with Gasteiger partial charge < -0.3 is 19.3 Å². The van der Waals surface area contributed by atoms with Gasteiger partial charge in [-0.25, -0.2) is 8.42 Å². The number of ether oxygens (including phenoxy) is 2. The normalized spacial score (nSPS) is 13.9. The summed E-state index contributed by atoms with van der Waals surface area (Å²) in [6, 6.07) is 22.8. The topological polar surface area (TPSA) is 114 Å². The van der Waals surface area contributed by atoms with E-state index in [1.54, 1.807) is 53.4 Å². The number of nitrogens with zero attached hydrogens (tertiary/aromatic N) is 4. The van der Waals surface area contributed by atoms with Gasteiger partial charge in [0.2, 0.25) is 15.9 Å². The Kier molecular flexibility index (Phi) is 12.5. The molecule has 1 fully saturated rings. The summed E-state index contributed by atoms with van der Waals surface area (Å²) in [4.78, 5) is 17.3. The molecule has 0 aliphatic carbocycles. The average Bonchev–Trinajstić information content (AvgIpc) is 3.05. The Balaban J connectivity index is 0.00000541. The molecule has 2 heterocycles. The van der Waals surface area contributed by atoms with E-state index in [9.17, 15) is 26.4 Å². The number of aromatic nitrogens is 2. The number of hydrogen-bond acceptors (Lipinski definition) is 8. The second kappa shape index (κ2) is 16.3. The molecule has 5 rings (SSSR count). The zero-order chi connectivity index (χ0) is 34.3. The monoisotopic (exact) mass is 719 g/mol. The van der Waals surface area contributed by atoms with Crippen LogP contribution in [0.15, 0.2) is 84.9 Å². The lowest BCUT2D eigenvalue weighted by atomic mass is 9.89. The van der Waals surface area contributed by atoms with Crippen molar-refractivity contribution in [3.63, 3.8) is 0 Å². The first-order valence-electron chi connectivity index (χ1n) is 15.3. The lowest BCUT2D eigenvalue weighted by Gasteiger charge is -2.32. The zero-order valence-electron chi connectivity index (χ0n) is 26.9. The quantitative estimate of drug-likeness (QED) is 0.174. The van der Waals surface area contributed by atoms with Gasteiger partial charge in [0.15, 0.2) is 5.69 Å². The van der Waals surface area contributed by atoms with Crippen LogP contribution in [0.4, 0.5) is 18.9 Å². The smallest absolute Gasteiger partial charge is 0.435 e. The van der Waals surface area contributed by atoms with Crippen molar-refractivity contribution < 1.29 is 35.9 Å². The van der Waals surface area contributed by atoms with Gasteiger partial charge in [-0.2, -0.15) is 13.2 Å². The Morgan fingerprint density at radius 2 is 1.65 bits per heavy atom. The molecule has 15 heteroatoms. The summed E-state index contributed by atoms with van der Waals surface area (Å²) in [5.74, 6) is 0.432. The summed E-state index contributed by atoms with van der Waals surface area (Å²) in [5, 5.41) is 6.66. The highest BCUT2D eigenvalue weighted by molar-refractivity contribution is 7.91. The van der Waals surface area contributed by atoms with Crippen LogP contribution in [-0.2, 0) is 22.0 Å². The first kappa shape index (κ1) is 37.4. The molecule has 1 aromatic heterocycles. The molecule has 0 unspecified atom stereocenters. The van der Waals surface area contributed by atoms with Crippen LogP contribution >= 0.6 is 12.4 Å². The number of halogens is 4. The molecule has 0 bridgehead atoms. The number of rotatable bonds is 12. The molecule has 1 N–H and O–H groups in total. The van der Waals surface area contributed by atoms with Crippen molar-refractivity contribution in [2.24, 2.45) is 0 Å². The maximum atomic E-state index is 13.6. The minimum Gasteiger partial charge on any atom is -0.490 e. The highest BCUT2D eigenvalue weighted by Crippen LogP contribution is 2.33. The van der Waals surface area contributed by atoms with Crippen molar-refractivity contribution in [1.29, 1.82) is 0 Å². The zero-order valence-corrected chi connectivity index (χ0v) is 28.5. The van der Waals surface area contributed by atoms with Crippen molar-refractivity contribution in [2.75, 3.05) is 45.1 Å². The number of benzene rings is 3. The minimum atomic E-state index is -4.58. The van der Waals surface area contributed by atoms with Gasteiger partial charge in [0.25, 0.3) is 5.91 Å². The van der Waals surface area contributed by atoms with E-state index in [0.29, 0.717) is 61.7 Å². The summed E-state index contributed by atoms with van der Waals surface area (Å²) >= 11 is 0. The van der Waals surface area contributed by atoms with E-state index in [0.717, 1.165) is 17.7 Å². The SMILES string of the molecule is CN(C)CCOc1ccc(C(=O)N2CCC(c3ccc(Oc4ccc(C(F)(F)F)nn4)cc3)CC2)cc1NS(=O)(=O)Cc1ccccc1.Cl. The van der Waals surface area contributed by atoms with E-state index in [1.165, 1.54) is 6.07 Å². The van der Waals surface area contributed by atoms with Crippen LogP contribution in [0.5, 0.6) is 17.4 Å². The number of alkyl halides is 3. The van der Waals surface area contributed by atoms with Crippen LogP contribution < -0.4 is 14.2 Å². The fourth-order valence-corrected chi connectivity index (χ4v) is 6.46. The Morgan fingerprint density at radius 3 is 2.27 bits per heavy atom. The number of nitrogens with one attached hydrogen (secondary N) is 1. The predicted molar refractivity (Wildman–Crippen MR) is 182 cm³/mol. The van der Waals surface area contributed by atoms with Gasteiger partial charge >= 0.3 is 6.18 Å². The maximum absolute atomic E-state index is 13.6. The number of sulfonamides is 1. The van der Waals surface area contributed by atoms with Crippen LogP contribution in [0.3, 0.4) is 0 Å². The number of piperidine rings is 1. The molecule has 0 saturated carbocycles. The standard InChI is InChI=1S/C34H36F3N5O5S.ClH/c1-41(2)20-21-46-30-13-10-27(22-29(30)40-48(44,45)23-24-6-4-3-5-7-24)33(43)42-18-16-26(17-19-42)25-8-11-28(12-9-25)47-32-15-14-31(38-39-32)34(35,36)37;/h3-15,22,26,40H,16-21,23H2,1-2H3;1H. The van der Waals surface area contributed by atoms with Gasteiger partial charge in [-0.15, -0.1) is 22.6 Å². The van der Waals surface area contributed by atoms with E-state index in [4.69, 9.17) is 9.47 Å². The summed E-state index contributed by atoms with van der Waals surface area (Å²) in [6.07, 6.45) is -3.16. The van der Waals surface area contributed by atoms with Crippen molar-refractivity contribution in [1.82, 2.24) is 20.0 Å². The van der Waals surface area contributed by atoms with Crippen LogP contribution in [0.25, 0.3) is 0 Å². The molecule has 0 atom stereocenters. The Bertz CT molecular complexity index is 1790. The number of anilines is 1. The van der Waals surface area contributed by atoms with Crippen molar-refractivity contribution in [3.8, 4) is 17.4 Å². The Morgan fingerprint density at radius 1 is 0.959 bits per heavy atom. The third kappa shape index (κ3) is 10.5. The molecule has 262 valence electrons. The Hall–Kier alpha value is -4.40.